The van der Waals surface area contributed by atoms with Gasteiger partial charge in [0.15, 0.2) is 5.82 Å². The summed E-state index contributed by atoms with van der Waals surface area (Å²) in [6.45, 7) is 5.14. The van der Waals surface area contributed by atoms with Gasteiger partial charge in [-0.2, -0.15) is 0 Å². The Labute approximate surface area is 168 Å². The minimum Gasteiger partial charge on any atom is -0.377 e. The molecule has 1 atom stereocenters. The zero-order valence-electron chi connectivity index (χ0n) is 15.5. The van der Waals surface area contributed by atoms with Crippen molar-refractivity contribution < 1.29 is 4.74 Å². The second kappa shape index (κ2) is 9.51. The van der Waals surface area contributed by atoms with Crippen molar-refractivity contribution in [3.8, 4) is 0 Å². The Morgan fingerprint density at radius 3 is 2.65 bits per heavy atom. The van der Waals surface area contributed by atoms with Gasteiger partial charge in [0.05, 0.1) is 0 Å². The average Bonchev–Trinajstić information content (AvgIpc) is 2.89. The molecule has 2 N–H and O–H groups in total. The summed E-state index contributed by atoms with van der Waals surface area (Å²) in [5.41, 5.74) is 7.13. The molecule has 1 saturated carbocycles. The summed E-state index contributed by atoms with van der Waals surface area (Å²) >= 11 is 0. The number of nitrogens with zero attached hydrogens (tertiary/aromatic N) is 4. The average molecular weight is 404 g/mol. The third kappa shape index (κ3) is 4.60. The predicted octanol–water partition coefficient (Wildman–Crippen LogP) is 2.35. The molecular weight excluding hydrogens is 373 g/mol. The van der Waals surface area contributed by atoms with Crippen LogP contribution in [0.15, 0.2) is 6.07 Å². The van der Waals surface area contributed by atoms with Crippen molar-refractivity contribution in [2.24, 2.45) is 5.73 Å². The molecule has 0 aromatic carbocycles. The molecule has 3 heterocycles. The van der Waals surface area contributed by atoms with Crippen molar-refractivity contribution in [3.05, 3.63) is 17.6 Å². The third-order valence-electron chi connectivity index (χ3n) is 5.77. The monoisotopic (exact) mass is 403 g/mol. The van der Waals surface area contributed by atoms with Gasteiger partial charge >= 0.3 is 0 Å². The van der Waals surface area contributed by atoms with Gasteiger partial charge in [-0.1, -0.05) is 0 Å². The van der Waals surface area contributed by atoms with Crippen molar-refractivity contribution in [2.75, 3.05) is 38.2 Å². The highest BCUT2D eigenvalue weighted by Crippen LogP contribution is 2.36. The first-order chi connectivity index (χ1) is 11.7. The topological polar surface area (TPSA) is 67.5 Å². The van der Waals surface area contributed by atoms with E-state index in [2.05, 4.69) is 15.9 Å². The van der Waals surface area contributed by atoms with Gasteiger partial charge in [-0.15, -0.1) is 24.8 Å². The van der Waals surface area contributed by atoms with Crippen LogP contribution >= 0.6 is 24.8 Å². The Hall–Kier alpha value is -0.660. The molecule has 148 valence electrons. The van der Waals surface area contributed by atoms with Crippen molar-refractivity contribution >= 4 is 30.6 Å². The zero-order valence-corrected chi connectivity index (χ0v) is 17.1. The lowest BCUT2D eigenvalue weighted by molar-refractivity contribution is 0.177. The lowest BCUT2D eigenvalue weighted by Crippen LogP contribution is -2.38. The maximum atomic E-state index is 5.98. The van der Waals surface area contributed by atoms with Gasteiger partial charge in [0.25, 0.3) is 0 Å². The highest BCUT2D eigenvalue weighted by molar-refractivity contribution is 5.85. The lowest BCUT2D eigenvalue weighted by Gasteiger charge is -2.33. The summed E-state index contributed by atoms with van der Waals surface area (Å²) < 4.78 is 5.30. The predicted molar refractivity (Wildman–Crippen MR) is 109 cm³/mol. The summed E-state index contributed by atoms with van der Waals surface area (Å²) in [6.07, 6.45) is 5.95. The molecule has 2 saturated heterocycles. The second-order valence-electron chi connectivity index (χ2n) is 7.56. The van der Waals surface area contributed by atoms with Crippen LogP contribution in [-0.4, -0.2) is 60.2 Å². The van der Waals surface area contributed by atoms with Crippen LogP contribution in [0.4, 0.5) is 5.82 Å². The van der Waals surface area contributed by atoms with E-state index in [9.17, 15) is 0 Å². The quantitative estimate of drug-likeness (QED) is 0.831. The molecule has 1 aliphatic carbocycles. The maximum Gasteiger partial charge on any atom is 0.156 e. The summed E-state index contributed by atoms with van der Waals surface area (Å²) in [5, 5.41) is 0. The fourth-order valence-electron chi connectivity index (χ4n) is 4.39. The van der Waals surface area contributed by atoms with E-state index in [0.717, 1.165) is 43.3 Å². The summed E-state index contributed by atoms with van der Waals surface area (Å²) in [7, 11) is 1.71. The van der Waals surface area contributed by atoms with Gasteiger partial charge in [0.2, 0.25) is 0 Å². The standard InChI is InChI=1S/C18H29N5O.2ClH/c1-24-12-17-20-16(13-8-14(19)9-13)10-18(21-17)23-7-3-6-22-5-2-4-15(22)11-23;;/h10,13-15H,2-9,11-12,19H2,1H3;2*1H/t13?,14?,15-;;/m0../s1. The van der Waals surface area contributed by atoms with Gasteiger partial charge in [-0.05, 0) is 38.6 Å². The van der Waals surface area contributed by atoms with Crippen molar-refractivity contribution in [1.29, 1.82) is 0 Å². The number of ether oxygens (including phenoxy) is 1. The minimum absolute atomic E-state index is 0. The van der Waals surface area contributed by atoms with Crippen LogP contribution in [0.25, 0.3) is 0 Å². The van der Waals surface area contributed by atoms with Crippen LogP contribution in [0, 0.1) is 0 Å². The summed E-state index contributed by atoms with van der Waals surface area (Å²) in [6, 6.07) is 3.23. The molecule has 26 heavy (non-hydrogen) atoms. The number of halogens is 2. The molecule has 6 nitrogen and oxygen atoms in total. The van der Waals surface area contributed by atoms with Gasteiger partial charge in [0, 0.05) is 56.5 Å². The fraction of sp³-hybridized carbons (Fsp3) is 0.778. The van der Waals surface area contributed by atoms with E-state index in [-0.39, 0.29) is 24.8 Å². The summed E-state index contributed by atoms with van der Waals surface area (Å²) in [5.74, 6) is 2.38. The van der Waals surface area contributed by atoms with Crippen molar-refractivity contribution in [2.45, 2.75) is 56.7 Å². The number of hydrogen-bond acceptors (Lipinski definition) is 6. The molecule has 3 aliphatic rings. The summed E-state index contributed by atoms with van der Waals surface area (Å²) in [4.78, 5) is 14.7. The molecule has 0 bridgehead atoms. The van der Waals surface area contributed by atoms with Crippen LogP contribution in [0.5, 0.6) is 0 Å². The van der Waals surface area contributed by atoms with Gasteiger partial charge in [-0.3, -0.25) is 4.90 Å². The smallest absolute Gasteiger partial charge is 0.156 e. The highest BCUT2D eigenvalue weighted by atomic mass is 35.5. The van der Waals surface area contributed by atoms with E-state index < -0.39 is 0 Å². The zero-order chi connectivity index (χ0) is 16.5. The SMILES string of the molecule is COCc1nc(C2CC(N)C2)cc(N2CCCN3CCC[C@H]3C2)n1.Cl.Cl. The number of hydrogen-bond donors (Lipinski definition) is 1. The van der Waals surface area contributed by atoms with Gasteiger partial charge in [0.1, 0.15) is 12.4 Å². The Bertz CT molecular complexity index is 585. The Balaban J connectivity index is 0.00000121. The van der Waals surface area contributed by atoms with Crippen LogP contribution in [0.1, 0.15) is 49.5 Å². The first-order valence-electron chi connectivity index (χ1n) is 9.34. The van der Waals surface area contributed by atoms with Crippen molar-refractivity contribution in [1.82, 2.24) is 14.9 Å². The van der Waals surface area contributed by atoms with Gasteiger partial charge in [-0.25, -0.2) is 9.97 Å². The third-order valence-corrected chi connectivity index (χ3v) is 5.77. The molecule has 3 fully saturated rings. The highest BCUT2D eigenvalue weighted by Gasteiger charge is 2.32. The molecule has 8 heteroatoms. The molecule has 0 unspecified atom stereocenters. The van der Waals surface area contributed by atoms with Crippen LogP contribution < -0.4 is 10.6 Å². The van der Waals surface area contributed by atoms with E-state index in [1.54, 1.807) is 7.11 Å². The molecule has 2 aliphatic heterocycles. The number of nitrogens with two attached hydrogens (primary N) is 1. The van der Waals surface area contributed by atoms with Gasteiger partial charge < -0.3 is 15.4 Å². The van der Waals surface area contributed by atoms with E-state index >= 15 is 0 Å². The Morgan fingerprint density at radius 1 is 1.15 bits per heavy atom. The van der Waals surface area contributed by atoms with E-state index in [0.29, 0.717) is 24.6 Å². The molecule has 1 aromatic rings. The molecule has 1 aromatic heterocycles. The molecule has 0 amide bonds. The number of aromatic nitrogens is 2. The van der Waals surface area contributed by atoms with E-state index in [4.69, 9.17) is 20.4 Å². The first kappa shape index (κ1) is 21.6. The number of fused-ring (bicyclic) bond motifs is 1. The normalized spacial score (nSPS) is 28.4. The van der Waals surface area contributed by atoms with E-state index in [1.165, 1.54) is 32.4 Å². The van der Waals surface area contributed by atoms with Crippen molar-refractivity contribution in [3.63, 3.8) is 0 Å². The lowest BCUT2D eigenvalue weighted by atomic mass is 9.78. The minimum atomic E-state index is 0. The van der Waals surface area contributed by atoms with Crippen LogP contribution in [0.3, 0.4) is 0 Å². The molecular formula is C18H31Cl2N5O. The number of rotatable bonds is 4. The molecule has 0 radical (unpaired) electrons. The first-order valence-corrected chi connectivity index (χ1v) is 9.34. The maximum absolute atomic E-state index is 5.98. The Kier molecular flexibility index (Phi) is 7.91. The van der Waals surface area contributed by atoms with E-state index in [1.807, 2.05) is 0 Å². The molecule has 0 spiro atoms. The second-order valence-corrected chi connectivity index (χ2v) is 7.56. The van der Waals surface area contributed by atoms with Crippen LogP contribution in [0.2, 0.25) is 0 Å². The Morgan fingerprint density at radius 2 is 1.92 bits per heavy atom. The number of methoxy groups -OCH3 is 1. The number of anilines is 1. The largest absolute Gasteiger partial charge is 0.377 e. The van der Waals surface area contributed by atoms with Crippen LogP contribution in [-0.2, 0) is 11.3 Å². The fourth-order valence-corrected chi connectivity index (χ4v) is 4.39. The molecule has 4 rings (SSSR count).